The number of carbonyl (C=O) groups excluding carboxylic acids is 3. The molecule has 0 spiro atoms. The van der Waals surface area contributed by atoms with Gasteiger partial charge >= 0.3 is 7.60 Å². The predicted molar refractivity (Wildman–Crippen MR) is 156 cm³/mol. The first-order chi connectivity index (χ1) is 20.5. The number of methoxy groups -OCH3 is 1. The summed E-state index contributed by atoms with van der Waals surface area (Å²) in [6.07, 6.45) is 4.12. The average Bonchev–Trinajstić information content (AvgIpc) is 3.51. The number of halogens is 1. The maximum Gasteiger partial charge on any atom is 0.329 e. The number of aromatic nitrogens is 1. The molecule has 0 saturated carbocycles. The Morgan fingerprint density at radius 1 is 1.16 bits per heavy atom. The van der Waals surface area contributed by atoms with Crippen LogP contribution in [0.5, 0.6) is 5.88 Å². The zero-order valence-corrected chi connectivity index (χ0v) is 25.2. The van der Waals surface area contributed by atoms with Crippen molar-refractivity contribution in [1.82, 2.24) is 20.1 Å². The zero-order chi connectivity index (χ0) is 30.5. The molecule has 3 aliphatic rings. The van der Waals surface area contributed by atoms with Gasteiger partial charge < -0.3 is 29.6 Å². The third-order valence-corrected chi connectivity index (χ3v) is 10.5. The lowest BCUT2D eigenvalue weighted by Gasteiger charge is -2.42. The number of ether oxygens (including phenoxy) is 1. The van der Waals surface area contributed by atoms with E-state index in [1.807, 2.05) is 0 Å². The van der Waals surface area contributed by atoms with Gasteiger partial charge in [-0.3, -0.25) is 18.9 Å². The first-order valence-electron chi connectivity index (χ1n) is 14.2. The van der Waals surface area contributed by atoms with Crippen molar-refractivity contribution < 1.29 is 37.9 Å². The minimum atomic E-state index is -4.23. The molecule has 5 heterocycles. The number of nitrogens with zero attached hydrogens (tertiary/aromatic N) is 3. The molecule has 3 N–H and O–H groups in total. The van der Waals surface area contributed by atoms with Crippen LogP contribution in [0.2, 0.25) is 0 Å². The lowest BCUT2D eigenvalue weighted by molar-refractivity contribution is -0.148. The molecule has 6 rings (SSSR count). The number of pyridine rings is 1. The fourth-order valence-corrected chi connectivity index (χ4v) is 8.14. The van der Waals surface area contributed by atoms with Gasteiger partial charge in [0.1, 0.15) is 17.9 Å². The van der Waals surface area contributed by atoms with Crippen molar-refractivity contribution in [2.24, 2.45) is 0 Å². The number of carbonyl (C=O) groups is 3. The van der Waals surface area contributed by atoms with Crippen LogP contribution >= 0.6 is 18.9 Å². The van der Waals surface area contributed by atoms with Gasteiger partial charge in [-0.05, 0) is 67.3 Å². The highest BCUT2D eigenvalue weighted by atomic mass is 32.1. The minimum Gasteiger partial charge on any atom is -0.481 e. The smallest absolute Gasteiger partial charge is 0.329 e. The Morgan fingerprint density at radius 3 is 2.70 bits per heavy atom. The summed E-state index contributed by atoms with van der Waals surface area (Å²) in [4.78, 5) is 67.0. The maximum absolute atomic E-state index is 14.5. The summed E-state index contributed by atoms with van der Waals surface area (Å²) in [5.41, 5.74) is 0.824. The first-order valence-corrected chi connectivity index (χ1v) is 16.8. The van der Waals surface area contributed by atoms with Gasteiger partial charge in [-0.25, -0.2) is 9.37 Å². The molecule has 3 saturated heterocycles. The van der Waals surface area contributed by atoms with E-state index in [-0.39, 0.29) is 35.8 Å². The van der Waals surface area contributed by atoms with Crippen LogP contribution in [0.1, 0.15) is 58.8 Å². The van der Waals surface area contributed by atoms with Crippen molar-refractivity contribution >= 4 is 46.7 Å². The minimum absolute atomic E-state index is 0.0759. The van der Waals surface area contributed by atoms with Crippen molar-refractivity contribution in [2.75, 3.05) is 20.2 Å². The van der Waals surface area contributed by atoms with Gasteiger partial charge in [-0.15, -0.1) is 11.3 Å². The molecule has 43 heavy (non-hydrogen) atoms. The summed E-state index contributed by atoms with van der Waals surface area (Å²) < 4.78 is 31.9. The van der Waals surface area contributed by atoms with Gasteiger partial charge in [-0.2, -0.15) is 0 Å². The molecule has 1 aromatic carbocycles. The van der Waals surface area contributed by atoms with Crippen LogP contribution < -0.4 is 10.1 Å². The van der Waals surface area contributed by atoms with Crippen LogP contribution in [-0.2, 0) is 20.3 Å². The molecule has 0 radical (unpaired) electrons. The molecule has 3 fully saturated rings. The van der Waals surface area contributed by atoms with Crippen molar-refractivity contribution in [3.63, 3.8) is 0 Å². The fraction of sp³-hybridized carbons (Fsp3) is 0.448. The molecule has 3 aromatic rings. The quantitative estimate of drug-likeness (QED) is 0.337. The summed E-state index contributed by atoms with van der Waals surface area (Å²) in [5, 5.41) is 3.57. The van der Waals surface area contributed by atoms with Gasteiger partial charge in [0.25, 0.3) is 5.91 Å². The Morgan fingerprint density at radius 2 is 1.95 bits per heavy atom. The average molecular weight is 631 g/mol. The second kappa shape index (κ2) is 11.6. The molecule has 3 atom stereocenters. The van der Waals surface area contributed by atoms with Gasteiger partial charge in [0.05, 0.1) is 23.7 Å². The van der Waals surface area contributed by atoms with Crippen LogP contribution in [-0.4, -0.2) is 80.6 Å². The van der Waals surface area contributed by atoms with Crippen LogP contribution in [0.15, 0.2) is 36.5 Å². The van der Waals surface area contributed by atoms with Gasteiger partial charge in [-0.1, -0.05) is 6.07 Å². The topological polar surface area (TPSA) is 149 Å². The normalized spacial score (nSPS) is 22.7. The maximum atomic E-state index is 14.5. The van der Waals surface area contributed by atoms with Crippen molar-refractivity contribution in [3.05, 3.63) is 58.3 Å². The number of nitrogens with one attached hydrogen (secondary N) is 1. The molecular weight excluding hydrogens is 598 g/mol. The molecule has 0 bridgehead atoms. The lowest BCUT2D eigenvalue weighted by Crippen LogP contribution is -2.58. The Labute approximate surface area is 251 Å². The number of rotatable bonds is 7. The third kappa shape index (κ3) is 5.91. The van der Waals surface area contributed by atoms with Gasteiger partial charge in [0.15, 0.2) is 0 Å². The summed E-state index contributed by atoms with van der Waals surface area (Å²) in [5.74, 6) is -1.31. The second-order valence-corrected chi connectivity index (χ2v) is 14.1. The lowest BCUT2D eigenvalue weighted by atomic mass is 9.90. The molecule has 3 amide bonds. The van der Waals surface area contributed by atoms with E-state index in [4.69, 9.17) is 4.74 Å². The second-order valence-electron chi connectivity index (χ2n) is 11.4. The summed E-state index contributed by atoms with van der Waals surface area (Å²) in [6.45, 7) is 0.617. The van der Waals surface area contributed by atoms with E-state index in [2.05, 4.69) is 10.3 Å². The van der Waals surface area contributed by atoms with E-state index in [1.54, 1.807) is 34.1 Å². The molecule has 11 nitrogen and oxygen atoms in total. The van der Waals surface area contributed by atoms with Crippen molar-refractivity contribution in [3.8, 4) is 5.88 Å². The Hall–Kier alpha value is -3.38. The van der Waals surface area contributed by atoms with E-state index < -0.39 is 31.4 Å². The molecular formula is C29H32FN4O7PS. The van der Waals surface area contributed by atoms with Crippen LogP contribution in [0.4, 0.5) is 4.39 Å². The number of benzene rings is 1. The van der Waals surface area contributed by atoms with Gasteiger partial charge in [0, 0.05) is 35.9 Å². The highest BCUT2D eigenvalue weighted by Gasteiger charge is 2.48. The predicted octanol–water partition coefficient (Wildman–Crippen LogP) is 3.39. The number of thiophene rings is 1. The Kier molecular flexibility index (Phi) is 8.01. The zero-order valence-electron chi connectivity index (χ0n) is 23.4. The summed E-state index contributed by atoms with van der Waals surface area (Å²) >= 11 is 1.24. The highest BCUT2D eigenvalue weighted by molar-refractivity contribution is 7.50. The standard InChI is InChI=1S/C29H32FN4O7PS/c1-41-27-25(20(30)9-10-31-27)18-13-33(14-18)29(37)22-7-6-19-3-2-4-21(28(36)34(19)22)32-26(35)24-12-17-11-16(15-42(38,39)40)5-8-23(17)43-24/h5,8-12,18-19,21-22H,2-4,6-7,13-15H2,1H3,(H,32,35)(H2,38,39,40)/t19-,21-,22-/m0/s1. The highest BCUT2D eigenvalue weighted by Crippen LogP contribution is 2.41. The van der Waals surface area contributed by atoms with Crippen molar-refractivity contribution in [1.29, 1.82) is 0 Å². The third-order valence-electron chi connectivity index (χ3n) is 8.56. The van der Waals surface area contributed by atoms with Crippen LogP contribution in [0.3, 0.4) is 0 Å². The number of hydrogen-bond donors (Lipinski definition) is 3. The van der Waals surface area contributed by atoms with E-state index in [0.29, 0.717) is 53.7 Å². The van der Waals surface area contributed by atoms with E-state index >= 15 is 0 Å². The first kappa shape index (κ1) is 29.7. The van der Waals surface area contributed by atoms with Crippen molar-refractivity contribution in [2.45, 2.75) is 62.3 Å². The van der Waals surface area contributed by atoms with Crippen LogP contribution in [0.25, 0.3) is 10.1 Å². The fourth-order valence-electron chi connectivity index (χ4n) is 6.52. The summed E-state index contributed by atoms with van der Waals surface area (Å²) in [6, 6.07) is 6.46. The molecule has 14 heteroatoms. The summed E-state index contributed by atoms with van der Waals surface area (Å²) in [7, 11) is -2.80. The molecule has 2 aromatic heterocycles. The van der Waals surface area contributed by atoms with Gasteiger partial charge in [0.2, 0.25) is 17.7 Å². The number of hydrogen-bond acceptors (Lipinski definition) is 7. The SMILES string of the molecule is COc1nccc(F)c1C1CN(C(=O)[C@@H]2CC[C@@H]3CCC[C@H](NC(=O)c4cc5cc(CP(=O)(O)O)ccc5s4)C(=O)N32)C1. The number of amides is 3. The molecule has 228 valence electrons. The Balaban J connectivity index is 1.13. The molecule has 0 aliphatic carbocycles. The van der Waals surface area contributed by atoms with E-state index in [1.165, 1.54) is 30.7 Å². The number of fused-ring (bicyclic) bond motifs is 2. The molecule has 0 unspecified atom stereocenters. The van der Waals surface area contributed by atoms with E-state index in [0.717, 1.165) is 17.5 Å². The van der Waals surface area contributed by atoms with E-state index in [9.17, 15) is 33.1 Å². The Bertz CT molecular complexity index is 1640. The number of likely N-dealkylation sites (tertiary alicyclic amines) is 1. The monoisotopic (exact) mass is 630 g/mol. The van der Waals surface area contributed by atoms with Crippen LogP contribution in [0, 0.1) is 5.82 Å². The molecule has 3 aliphatic heterocycles. The largest absolute Gasteiger partial charge is 0.481 e.